The van der Waals surface area contributed by atoms with Crippen LogP contribution < -0.4 is 5.43 Å². The molecule has 0 fully saturated rings. The summed E-state index contributed by atoms with van der Waals surface area (Å²) in [6.45, 7) is 3.80. The van der Waals surface area contributed by atoms with Crippen LogP contribution in [0.2, 0.25) is 0 Å². The van der Waals surface area contributed by atoms with Gasteiger partial charge in [0.2, 0.25) is 0 Å². The SMILES string of the molecule is C/C(=N/NC(=O)c1ccc([N+](=O)[O-])cc1)c1ccc(C)s1. The van der Waals surface area contributed by atoms with Crippen molar-refractivity contribution in [3.8, 4) is 0 Å². The van der Waals surface area contributed by atoms with Crippen molar-refractivity contribution in [3.05, 3.63) is 61.8 Å². The number of hydrogen-bond donors (Lipinski definition) is 1. The van der Waals surface area contributed by atoms with E-state index in [0.717, 1.165) is 4.88 Å². The van der Waals surface area contributed by atoms with E-state index in [4.69, 9.17) is 0 Å². The van der Waals surface area contributed by atoms with Crippen molar-refractivity contribution < 1.29 is 9.72 Å². The average Bonchev–Trinajstić information content (AvgIpc) is 2.91. The number of carbonyl (C=O) groups excluding carboxylic acids is 1. The van der Waals surface area contributed by atoms with Gasteiger partial charge in [0.25, 0.3) is 11.6 Å². The van der Waals surface area contributed by atoms with Crippen molar-refractivity contribution in [2.45, 2.75) is 13.8 Å². The Morgan fingerprint density at radius 2 is 1.90 bits per heavy atom. The maximum Gasteiger partial charge on any atom is 0.271 e. The second-order valence-electron chi connectivity index (χ2n) is 4.35. The monoisotopic (exact) mass is 303 g/mol. The molecule has 1 aromatic heterocycles. The van der Waals surface area contributed by atoms with Crippen molar-refractivity contribution in [1.82, 2.24) is 5.43 Å². The number of benzene rings is 1. The lowest BCUT2D eigenvalue weighted by Crippen LogP contribution is -2.19. The van der Waals surface area contributed by atoms with Gasteiger partial charge in [0, 0.05) is 22.6 Å². The molecule has 1 heterocycles. The van der Waals surface area contributed by atoms with Gasteiger partial charge in [-0.15, -0.1) is 11.3 Å². The Kier molecular flexibility index (Phi) is 4.44. The predicted octanol–water partition coefficient (Wildman–Crippen LogP) is 3.12. The van der Waals surface area contributed by atoms with Gasteiger partial charge in [-0.1, -0.05) is 0 Å². The van der Waals surface area contributed by atoms with Crippen molar-refractivity contribution in [2.75, 3.05) is 0 Å². The van der Waals surface area contributed by atoms with Crippen LogP contribution in [0.15, 0.2) is 41.5 Å². The van der Waals surface area contributed by atoms with E-state index in [1.165, 1.54) is 29.1 Å². The number of non-ortho nitro benzene ring substituents is 1. The molecule has 0 unspecified atom stereocenters. The molecule has 0 spiro atoms. The molecule has 0 atom stereocenters. The van der Waals surface area contributed by atoms with Gasteiger partial charge >= 0.3 is 0 Å². The van der Waals surface area contributed by atoms with E-state index in [1.807, 2.05) is 19.1 Å². The van der Waals surface area contributed by atoms with Crippen LogP contribution in [0.3, 0.4) is 0 Å². The molecule has 1 amide bonds. The van der Waals surface area contributed by atoms with E-state index in [1.54, 1.807) is 18.3 Å². The topological polar surface area (TPSA) is 84.6 Å². The Labute approximate surface area is 125 Å². The van der Waals surface area contributed by atoms with Gasteiger partial charge in [-0.2, -0.15) is 5.10 Å². The summed E-state index contributed by atoms with van der Waals surface area (Å²) < 4.78 is 0. The van der Waals surface area contributed by atoms with E-state index < -0.39 is 10.8 Å². The first kappa shape index (κ1) is 14.9. The minimum atomic E-state index is -0.511. The van der Waals surface area contributed by atoms with E-state index >= 15 is 0 Å². The largest absolute Gasteiger partial charge is 0.271 e. The van der Waals surface area contributed by atoms with Crippen LogP contribution in [0, 0.1) is 17.0 Å². The van der Waals surface area contributed by atoms with Crippen molar-refractivity contribution in [3.63, 3.8) is 0 Å². The van der Waals surface area contributed by atoms with Crippen LogP contribution in [0.1, 0.15) is 27.0 Å². The highest BCUT2D eigenvalue weighted by Crippen LogP contribution is 2.16. The summed E-state index contributed by atoms with van der Waals surface area (Å²) >= 11 is 1.59. The first-order valence-corrected chi connectivity index (χ1v) is 6.95. The second-order valence-corrected chi connectivity index (χ2v) is 5.64. The molecule has 108 valence electrons. The second kappa shape index (κ2) is 6.27. The number of hydrazone groups is 1. The normalized spacial score (nSPS) is 11.2. The van der Waals surface area contributed by atoms with Crippen LogP contribution in [0.25, 0.3) is 0 Å². The molecule has 1 aromatic carbocycles. The number of rotatable bonds is 4. The Balaban J connectivity index is 2.06. The molecular weight excluding hydrogens is 290 g/mol. The summed E-state index contributed by atoms with van der Waals surface area (Å²) in [6, 6.07) is 9.29. The summed E-state index contributed by atoms with van der Waals surface area (Å²) in [5, 5.41) is 14.6. The minimum absolute atomic E-state index is 0.0553. The maximum atomic E-state index is 11.9. The third kappa shape index (κ3) is 3.73. The lowest BCUT2D eigenvalue weighted by molar-refractivity contribution is -0.384. The van der Waals surface area contributed by atoms with Crippen molar-refractivity contribution in [2.24, 2.45) is 5.10 Å². The quantitative estimate of drug-likeness (QED) is 0.535. The first-order valence-electron chi connectivity index (χ1n) is 6.13. The predicted molar refractivity (Wildman–Crippen MR) is 81.8 cm³/mol. The van der Waals surface area contributed by atoms with Crippen molar-refractivity contribution in [1.29, 1.82) is 0 Å². The molecular formula is C14H13N3O3S. The average molecular weight is 303 g/mol. The molecule has 0 aliphatic heterocycles. The molecule has 0 aliphatic rings. The summed E-state index contributed by atoms with van der Waals surface area (Å²) in [7, 11) is 0. The number of nitro groups is 1. The zero-order valence-electron chi connectivity index (χ0n) is 11.5. The number of nitro benzene ring substituents is 1. The summed E-state index contributed by atoms with van der Waals surface area (Å²) in [5.41, 5.74) is 3.42. The fourth-order valence-electron chi connectivity index (χ4n) is 1.62. The lowest BCUT2D eigenvalue weighted by atomic mass is 10.2. The highest BCUT2D eigenvalue weighted by Gasteiger charge is 2.09. The van der Waals surface area contributed by atoms with E-state index in [-0.39, 0.29) is 5.69 Å². The standard InChI is InChI=1S/C14H13N3O3S/c1-9-3-8-13(21-9)10(2)15-16-14(18)11-4-6-12(7-5-11)17(19)20/h3-8H,1-2H3,(H,16,18)/b15-10-. The summed E-state index contributed by atoms with van der Waals surface area (Å²) in [6.07, 6.45) is 0. The number of amides is 1. The van der Waals surface area contributed by atoms with E-state index in [2.05, 4.69) is 10.5 Å². The fraction of sp³-hybridized carbons (Fsp3) is 0.143. The third-order valence-corrected chi connectivity index (χ3v) is 3.87. The number of thiophene rings is 1. The zero-order valence-corrected chi connectivity index (χ0v) is 12.3. The van der Waals surface area contributed by atoms with Gasteiger partial charge in [0.1, 0.15) is 0 Å². The molecule has 0 saturated carbocycles. The molecule has 6 nitrogen and oxygen atoms in total. The van der Waals surface area contributed by atoms with Crippen LogP contribution >= 0.6 is 11.3 Å². The Bertz CT molecular complexity index is 705. The maximum absolute atomic E-state index is 11.9. The van der Waals surface area contributed by atoms with Crippen LogP contribution in [-0.4, -0.2) is 16.5 Å². The van der Waals surface area contributed by atoms with Crippen LogP contribution in [-0.2, 0) is 0 Å². The number of carbonyl (C=O) groups is 1. The Hall–Kier alpha value is -2.54. The lowest BCUT2D eigenvalue weighted by Gasteiger charge is -2.01. The number of nitrogens with one attached hydrogen (secondary N) is 1. The summed E-state index contributed by atoms with van der Waals surface area (Å²) in [5.74, 6) is -0.405. The highest BCUT2D eigenvalue weighted by molar-refractivity contribution is 7.14. The van der Waals surface area contributed by atoms with Crippen LogP contribution in [0.4, 0.5) is 5.69 Å². The number of nitrogens with zero attached hydrogens (tertiary/aromatic N) is 2. The van der Waals surface area contributed by atoms with Gasteiger partial charge in [-0.3, -0.25) is 14.9 Å². The number of hydrogen-bond acceptors (Lipinski definition) is 5. The fourth-order valence-corrected chi connectivity index (χ4v) is 2.43. The van der Waals surface area contributed by atoms with Crippen LogP contribution in [0.5, 0.6) is 0 Å². The summed E-state index contributed by atoms with van der Waals surface area (Å²) in [4.78, 5) is 24.1. The number of aryl methyl sites for hydroxylation is 1. The molecule has 0 bridgehead atoms. The van der Waals surface area contributed by atoms with Gasteiger partial charge in [-0.25, -0.2) is 5.43 Å². The van der Waals surface area contributed by atoms with Gasteiger partial charge in [0.15, 0.2) is 0 Å². The van der Waals surface area contributed by atoms with E-state index in [9.17, 15) is 14.9 Å². The molecule has 0 saturated heterocycles. The molecule has 1 N–H and O–H groups in total. The van der Waals surface area contributed by atoms with Crippen molar-refractivity contribution >= 4 is 28.6 Å². The van der Waals surface area contributed by atoms with E-state index in [0.29, 0.717) is 11.3 Å². The Morgan fingerprint density at radius 1 is 1.24 bits per heavy atom. The Morgan fingerprint density at radius 3 is 2.43 bits per heavy atom. The zero-order chi connectivity index (χ0) is 15.4. The van der Waals surface area contributed by atoms with Gasteiger partial charge in [0.05, 0.1) is 15.5 Å². The molecule has 21 heavy (non-hydrogen) atoms. The minimum Gasteiger partial charge on any atom is -0.267 e. The molecule has 0 aliphatic carbocycles. The molecule has 0 radical (unpaired) electrons. The molecule has 2 rings (SSSR count). The first-order chi connectivity index (χ1) is 9.97. The third-order valence-electron chi connectivity index (χ3n) is 2.76. The van der Waals surface area contributed by atoms with Gasteiger partial charge in [-0.05, 0) is 38.1 Å². The highest BCUT2D eigenvalue weighted by atomic mass is 32.1. The van der Waals surface area contributed by atoms with Gasteiger partial charge < -0.3 is 0 Å². The molecule has 2 aromatic rings. The molecule has 7 heteroatoms. The smallest absolute Gasteiger partial charge is 0.267 e.